The summed E-state index contributed by atoms with van der Waals surface area (Å²) in [6, 6.07) is 10.3. The number of hydrogen-bond acceptors (Lipinski definition) is 6. The Morgan fingerprint density at radius 1 is 1.06 bits per heavy atom. The summed E-state index contributed by atoms with van der Waals surface area (Å²) in [6.45, 7) is 3.80. The molecule has 0 heterocycles. The number of thioether (sulfide) groups is 1. The average molecular weight is 500 g/mol. The van der Waals surface area contributed by atoms with Gasteiger partial charge in [0, 0.05) is 6.54 Å². The Morgan fingerprint density at radius 2 is 1.72 bits per heavy atom. The van der Waals surface area contributed by atoms with E-state index in [9.17, 15) is 21.6 Å². The molecular formula is C21H29N3O5S3. The lowest BCUT2D eigenvalue weighted by molar-refractivity contribution is -0.122. The number of rotatable bonds is 11. The molecule has 0 bridgehead atoms. The van der Waals surface area contributed by atoms with Gasteiger partial charge in [-0.1, -0.05) is 24.3 Å². The fraction of sp³-hybridized carbons (Fsp3) is 0.381. The maximum Gasteiger partial charge on any atom is 0.241 e. The summed E-state index contributed by atoms with van der Waals surface area (Å²) >= 11 is 1.52. The molecule has 0 aliphatic heterocycles. The maximum atomic E-state index is 12.9. The van der Waals surface area contributed by atoms with Gasteiger partial charge in [0.25, 0.3) is 0 Å². The quantitative estimate of drug-likeness (QED) is 0.431. The normalized spacial score (nSPS) is 13.0. The molecule has 0 aliphatic rings. The highest BCUT2D eigenvalue weighted by Crippen LogP contribution is 2.18. The van der Waals surface area contributed by atoms with Crippen molar-refractivity contribution in [1.82, 2.24) is 10.0 Å². The van der Waals surface area contributed by atoms with Crippen molar-refractivity contribution in [3.05, 3.63) is 59.2 Å². The van der Waals surface area contributed by atoms with Gasteiger partial charge >= 0.3 is 0 Å². The minimum Gasteiger partial charge on any atom is -0.354 e. The van der Waals surface area contributed by atoms with Gasteiger partial charge in [-0.15, -0.1) is 0 Å². The van der Waals surface area contributed by atoms with E-state index < -0.39 is 32.0 Å². The van der Waals surface area contributed by atoms with Gasteiger partial charge in [0.15, 0.2) is 0 Å². The van der Waals surface area contributed by atoms with Crippen LogP contribution < -0.4 is 15.2 Å². The van der Waals surface area contributed by atoms with Crippen molar-refractivity contribution in [2.45, 2.75) is 42.5 Å². The van der Waals surface area contributed by atoms with E-state index in [1.807, 2.05) is 19.2 Å². The van der Waals surface area contributed by atoms with Crippen molar-refractivity contribution in [1.29, 1.82) is 0 Å². The van der Waals surface area contributed by atoms with Crippen molar-refractivity contribution in [2.24, 2.45) is 5.14 Å². The van der Waals surface area contributed by atoms with Crippen molar-refractivity contribution < 1.29 is 21.6 Å². The lowest BCUT2D eigenvalue weighted by atomic mass is 10.1. The second kappa shape index (κ2) is 11.3. The molecule has 176 valence electrons. The van der Waals surface area contributed by atoms with Crippen LogP contribution in [0.2, 0.25) is 0 Å². The number of nitrogens with one attached hydrogen (secondary N) is 2. The molecule has 2 aromatic carbocycles. The SMILES string of the molecule is CSCCC(NS(=O)(=O)c1cc(C)ccc1C)C(=O)NCCc1ccc(S(N)(=O)=O)cc1. The number of carbonyl (C=O) groups is 1. The molecule has 1 unspecified atom stereocenters. The van der Waals surface area contributed by atoms with Crippen LogP contribution in [0.4, 0.5) is 0 Å². The van der Waals surface area contributed by atoms with Crippen molar-refractivity contribution in [2.75, 3.05) is 18.6 Å². The van der Waals surface area contributed by atoms with E-state index in [4.69, 9.17) is 5.14 Å². The molecule has 0 saturated carbocycles. The first-order chi connectivity index (χ1) is 14.9. The molecule has 2 rings (SSSR count). The second-order valence-electron chi connectivity index (χ2n) is 7.45. The highest BCUT2D eigenvalue weighted by molar-refractivity contribution is 7.98. The van der Waals surface area contributed by atoms with Crippen LogP contribution in [0.3, 0.4) is 0 Å². The molecule has 32 heavy (non-hydrogen) atoms. The van der Waals surface area contributed by atoms with Crippen LogP contribution >= 0.6 is 11.8 Å². The molecular weight excluding hydrogens is 470 g/mol. The molecule has 4 N–H and O–H groups in total. The molecule has 0 saturated heterocycles. The van der Waals surface area contributed by atoms with Gasteiger partial charge < -0.3 is 5.32 Å². The lowest BCUT2D eigenvalue weighted by Gasteiger charge is -2.19. The first-order valence-corrected chi connectivity index (χ1v) is 14.3. The van der Waals surface area contributed by atoms with E-state index in [1.165, 1.54) is 23.9 Å². The van der Waals surface area contributed by atoms with Crippen molar-refractivity contribution in [3.8, 4) is 0 Å². The monoisotopic (exact) mass is 499 g/mol. The predicted octanol–water partition coefficient (Wildman–Crippen LogP) is 1.71. The summed E-state index contributed by atoms with van der Waals surface area (Å²) in [6.07, 6.45) is 2.69. The minimum atomic E-state index is -3.87. The number of aryl methyl sites for hydroxylation is 2. The van der Waals surface area contributed by atoms with E-state index in [0.29, 0.717) is 24.2 Å². The predicted molar refractivity (Wildman–Crippen MR) is 128 cm³/mol. The summed E-state index contributed by atoms with van der Waals surface area (Å²) in [5, 5.41) is 7.85. The highest BCUT2D eigenvalue weighted by Gasteiger charge is 2.26. The molecule has 8 nitrogen and oxygen atoms in total. The number of amides is 1. The molecule has 1 amide bonds. The largest absolute Gasteiger partial charge is 0.354 e. The van der Waals surface area contributed by atoms with Gasteiger partial charge in [0.05, 0.1) is 9.79 Å². The zero-order valence-electron chi connectivity index (χ0n) is 18.3. The molecule has 0 spiro atoms. The number of nitrogens with two attached hydrogens (primary N) is 1. The van der Waals surface area contributed by atoms with Crippen LogP contribution in [0, 0.1) is 13.8 Å². The van der Waals surface area contributed by atoms with Gasteiger partial charge in [0.2, 0.25) is 26.0 Å². The first-order valence-electron chi connectivity index (χ1n) is 9.92. The summed E-state index contributed by atoms with van der Waals surface area (Å²) in [5.41, 5.74) is 2.24. The molecule has 0 aromatic heterocycles. The molecule has 1 atom stereocenters. The summed E-state index contributed by atoms with van der Waals surface area (Å²) in [4.78, 5) is 12.9. The molecule has 0 radical (unpaired) electrons. The van der Waals surface area contributed by atoms with E-state index in [1.54, 1.807) is 31.2 Å². The van der Waals surface area contributed by atoms with Gasteiger partial charge in [0.1, 0.15) is 6.04 Å². The van der Waals surface area contributed by atoms with E-state index in [0.717, 1.165) is 11.1 Å². The standard InChI is InChI=1S/C21H29N3O5S3/c1-15-4-5-16(2)20(14-15)32(28,29)24-19(11-13-30-3)21(25)23-12-10-17-6-8-18(9-7-17)31(22,26)27/h4-9,14,19,24H,10-13H2,1-3H3,(H,23,25)(H2,22,26,27). The minimum absolute atomic E-state index is 0.0169. The number of sulfonamides is 2. The Kier molecular flexibility index (Phi) is 9.28. The van der Waals surface area contributed by atoms with Crippen molar-refractivity contribution >= 4 is 37.7 Å². The average Bonchev–Trinajstić information content (AvgIpc) is 2.72. The Bertz CT molecular complexity index is 1150. The third kappa shape index (κ3) is 7.59. The van der Waals surface area contributed by atoms with Crippen LogP contribution in [0.5, 0.6) is 0 Å². The topological polar surface area (TPSA) is 135 Å². The van der Waals surface area contributed by atoms with Gasteiger partial charge in [-0.05, 0) is 73.6 Å². The number of carbonyl (C=O) groups excluding carboxylic acids is 1. The van der Waals surface area contributed by atoms with E-state index in [2.05, 4.69) is 10.0 Å². The molecule has 0 aliphatic carbocycles. The fourth-order valence-electron chi connectivity index (χ4n) is 3.03. The summed E-state index contributed by atoms with van der Waals surface area (Å²) < 4.78 is 51.1. The fourth-order valence-corrected chi connectivity index (χ4v) is 5.57. The summed E-state index contributed by atoms with van der Waals surface area (Å²) in [5.74, 6) is 0.205. The first kappa shape index (κ1) is 26.3. The zero-order valence-corrected chi connectivity index (χ0v) is 20.7. The lowest BCUT2D eigenvalue weighted by Crippen LogP contribution is -2.47. The third-order valence-corrected chi connectivity index (χ3v) is 8.01. The van der Waals surface area contributed by atoms with E-state index >= 15 is 0 Å². The van der Waals surface area contributed by atoms with Gasteiger partial charge in [-0.25, -0.2) is 22.0 Å². The highest BCUT2D eigenvalue weighted by atomic mass is 32.2. The number of primary sulfonamides is 1. The number of hydrogen-bond donors (Lipinski definition) is 3. The summed E-state index contributed by atoms with van der Waals surface area (Å²) in [7, 11) is -7.63. The second-order valence-corrected chi connectivity index (χ2v) is 11.7. The van der Waals surface area contributed by atoms with Gasteiger partial charge in [-0.3, -0.25) is 4.79 Å². The Labute approximate surface area is 194 Å². The van der Waals surface area contributed by atoms with Crippen LogP contribution in [-0.2, 0) is 31.3 Å². The Balaban J connectivity index is 2.05. The third-order valence-electron chi connectivity index (χ3n) is 4.82. The molecule has 0 fully saturated rings. The van der Waals surface area contributed by atoms with Crippen molar-refractivity contribution in [3.63, 3.8) is 0 Å². The number of benzene rings is 2. The molecule has 2 aromatic rings. The van der Waals surface area contributed by atoms with Crippen LogP contribution in [0.15, 0.2) is 52.3 Å². The van der Waals surface area contributed by atoms with Crippen LogP contribution in [0.1, 0.15) is 23.1 Å². The molecule has 11 heteroatoms. The maximum absolute atomic E-state index is 12.9. The Morgan fingerprint density at radius 3 is 2.31 bits per heavy atom. The zero-order chi connectivity index (χ0) is 23.9. The Hall–Kier alpha value is -1.92. The van der Waals surface area contributed by atoms with E-state index in [-0.39, 0.29) is 16.3 Å². The van der Waals surface area contributed by atoms with Crippen LogP contribution in [-0.4, -0.2) is 47.3 Å². The van der Waals surface area contributed by atoms with Crippen LogP contribution in [0.25, 0.3) is 0 Å². The smallest absolute Gasteiger partial charge is 0.241 e. The van der Waals surface area contributed by atoms with Gasteiger partial charge in [-0.2, -0.15) is 16.5 Å².